The fourth-order valence-electron chi connectivity index (χ4n) is 6.39. The molecule has 204 valence electrons. The highest BCUT2D eigenvalue weighted by atomic mass is 19.1. The van der Waals surface area contributed by atoms with Crippen molar-refractivity contribution in [2.75, 3.05) is 13.1 Å². The Morgan fingerprint density at radius 1 is 0.795 bits per heavy atom. The minimum absolute atomic E-state index is 0.0296. The van der Waals surface area contributed by atoms with Crippen LogP contribution >= 0.6 is 0 Å². The second-order valence-corrected chi connectivity index (χ2v) is 11.1. The maximum atomic E-state index is 13.9. The topological polar surface area (TPSA) is 49.4 Å². The number of amides is 2. The van der Waals surface area contributed by atoms with Crippen molar-refractivity contribution in [3.63, 3.8) is 0 Å². The van der Waals surface area contributed by atoms with Gasteiger partial charge in [0.25, 0.3) is 5.91 Å². The van der Waals surface area contributed by atoms with Crippen molar-refractivity contribution in [2.24, 2.45) is 11.3 Å². The van der Waals surface area contributed by atoms with E-state index in [2.05, 4.69) is 5.32 Å². The molecule has 3 aromatic rings. The van der Waals surface area contributed by atoms with Gasteiger partial charge in [-0.05, 0) is 91.6 Å². The van der Waals surface area contributed by atoms with E-state index < -0.39 is 5.41 Å². The van der Waals surface area contributed by atoms with E-state index in [1.165, 1.54) is 30.7 Å². The summed E-state index contributed by atoms with van der Waals surface area (Å²) in [5.74, 6) is -0.240. The molecule has 4 nitrogen and oxygen atoms in total. The quantitative estimate of drug-likeness (QED) is 0.363. The van der Waals surface area contributed by atoms with Gasteiger partial charge in [-0.2, -0.15) is 0 Å². The lowest BCUT2D eigenvalue weighted by Crippen LogP contribution is -2.54. The molecule has 1 saturated carbocycles. The molecule has 1 N–H and O–H groups in total. The number of carbonyl (C=O) groups is 2. The van der Waals surface area contributed by atoms with Gasteiger partial charge in [0.1, 0.15) is 11.6 Å². The lowest BCUT2D eigenvalue weighted by Gasteiger charge is -2.47. The van der Waals surface area contributed by atoms with E-state index in [0.29, 0.717) is 37.4 Å². The summed E-state index contributed by atoms with van der Waals surface area (Å²) >= 11 is 0. The maximum absolute atomic E-state index is 13.9. The van der Waals surface area contributed by atoms with Crippen LogP contribution in [0.2, 0.25) is 0 Å². The monoisotopic (exact) mass is 530 g/mol. The number of hydrogen-bond acceptors (Lipinski definition) is 2. The van der Waals surface area contributed by atoms with Gasteiger partial charge in [0.2, 0.25) is 5.91 Å². The van der Waals surface area contributed by atoms with Crippen LogP contribution in [0, 0.1) is 23.0 Å². The summed E-state index contributed by atoms with van der Waals surface area (Å²) in [6.45, 7) is 3.01. The number of halogens is 2. The van der Waals surface area contributed by atoms with Crippen molar-refractivity contribution in [3.8, 4) is 11.1 Å². The van der Waals surface area contributed by atoms with Crippen LogP contribution in [0.15, 0.2) is 72.8 Å². The minimum Gasteiger partial charge on any atom is -0.349 e. The lowest BCUT2D eigenvalue weighted by molar-refractivity contribution is -0.139. The molecule has 1 aliphatic carbocycles. The summed E-state index contributed by atoms with van der Waals surface area (Å²) in [5.41, 5.74) is 2.80. The highest BCUT2D eigenvalue weighted by molar-refractivity contribution is 5.95. The van der Waals surface area contributed by atoms with Gasteiger partial charge in [0.15, 0.2) is 0 Å². The van der Waals surface area contributed by atoms with Crippen LogP contribution in [0.3, 0.4) is 0 Å². The minimum atomic E-state index is -0.502. The Kier molecular flexibility index (Phi) is 8.10. The van der Waals surface area contributed by atoms with Crippen LogP contribution in [0.25, 0.3) is 11.1 Å². The summed E-state index contributed by atoms with van der Waals surface area (Å²) in [5, 5.41) is 3.24. The van der Waals surface area contributed by atoms with Crippen molar-refractivity contribution in [1.29, 1.82) is 0 Å². The second-order valence-electron chi connectivity index (χ2n) is 11.1. The summed E-state index contributed by atoms with van der Waals surface area (Å²) in [6, 6.07) is 19.8. The molecule has 2 aliphatic rings. The van der Waals surface area contributed by atoms with Crippen molar-refractivity contribution >= 4 is 11.8 Å². The molecule has 0 aromatic heterocycles. The van der Waals surface area contributed by atoms with Crippen molar-refractivity contribution in [3.05, 3.63) is 95.6 Å². The number of piperidine rings is 1. The first-order valence-electron chi connectivity index (χ1n) is 14.1. The molecule has 2 fully saturated rings. The van der Waals surface area contributed by atoms with E-state index in [1.807, 2.05) is 36.1 Å². The molecule has 1 heterocycles. The fraction of sp³-hybridized carbons (Fsp3) is 0.394. The van der Waals surface area contributed by atoms with Gasteiger partial charge >= 0.3 is 0 Å². The van der Waals surface area contributed by atoms with E-state index in [-0.39, 0.29) is 29.5 Å². The number of benzene rings is 3. The van der Waals surface area contributed by atoms with E-state index >= 15 is 0 Å². The van der Waals surface area contributed by atoms with Gasteiger partial charge in [-0.1, -0.05) is 55.7 Å². The fourth-order valence-corrected chi connectivity index (χ4v) is 6.39. The predicted octanol–water partition coefficient (Wildman–Crippen LogP) is 7.31. The smallest absolute Gasteiger partial charge is 0.253 e. The van der Waals surface area contributed by atoms with Crippen LogP contribution in [-0.2, 0) is 4.79 Å². The van der Waals surface area contributed by atoms with Gasteiger partial charge < -0.3 is 10.2 Å². The first-order chi connectivity index (χ1) is 18.9. The number of nitrogens with zero attached hydrogens (tertiary/aromatic N) is 1. The first-order valence-corrected chi connectivity index (χ1v) is 14.1. The zero-order valence-corrected chi connectivity index (χ0v) is 22.5. The Morgan fingerprint density at radius 3 is 1.87 bits per heavy atom. The third kappa shape index (κ3) is 5.90. The maximum Gasteiger partial charge on any atom is 0.253 e. The van der Waals surface area contributed by atoms with Crippen molar-refractivity contribution < 1.29 is 18.4 Å². The summed E-state index contributed by atoms with van der Waals surface area (Å²) < 4.78 is 26.7. The Hall–Kier alpha value is -3.54. The molecule has 0 bridgehead atoms. The normalized spacial score (nSPS) is 18.4. The van der Waals surface area contributed by atoms with Gasteiger partial charge in [-0.25, -0.2) is 8.78 Å². The van der Waals surface area contributed by atoms with Gasteiger partial charge in [0, 0.05) is 18.7 Å². The predicted molar refractivity (Wildman–Crippen MR) is 149 cm³/mol. The Balaban J connectivity index is 1.28. The molecule has 1 saturated heterocycles. The third-order valence-electron chi connectivity index (χ3n) is 8.81. The number of likely N-dealkylation sites (tertiary alicyclic amines) is 1. The number of hydrogen-bond donors (Lipinski definition) is 1. The number of carbonyl (C=O) groups excluding carboxylic acids is 2. The molecule has 39 heavy (non-hydrogen) atoms. The Labute approximate surface area is 229 Å². The third-order valence-corrected chi connectivity index (χ3v) is 8.81. The largest absolute Gasteiger partial charge is 0.349 e. The van der Waals surface area contributed by atoms with Gasteiger partial charge in [-0.3, -0.25) is 9.59 Å². The van der Waals surface area contributed by atoms with E-state index in [9.17, 15) is 18.4 Å². The van der Waals surface area contributed by atoms with Crippen LogP contribution in [0.5, 0.6) is 0 Å². The van der Waals surface area contributed by atoms with Crippen molar-refractivity contribution in [1.82, 2.24) is 10.2 Å². The summed E-state index contributed by atoms with van der Waals surface area (Å²) in [6.07, 6.45) is 6.83. The lowest BCUT2D eigenvalue weighted by atomic mass is 9.63. The molecule has 5 rings (SSSR count). The van der Waals surface area contributed by atoms with E-state index in [4.69, 9.17) is 0 Å². The highest BCUT2D eigenvalue weighted by Gasteiger charge is 2.48. The summed E-state index contributed by atoms with van der Waals surface area (Å²) in [4.78, 5) is 29.1. The first kappa shape index (κ1) is 27.0. The van der Waals surface area contributed by atoms with Crippen molar-refractivity contribution in [2.45, 2.75) is 57.9 Å². The zero-order valence-electron chi connectivity index (χ0n) is 22.5. The van der Waals surface area contributed by atoms with E-state index in [1.54, 1.807) is 24.3 Å². The standard InChI is InChI=1S/C33H36F2N2O2/c1-23(24-11-15-29(34)16-12-24)36-32(39)33(28-5-3-2-4-6-28)19-21-37(22-20-33)31(38)27-9-7-25(8-10-27)26-13-17-30(35)18-14-26/h7-18,23,28H,2-6,19-22H2,1H3,(H,36,39)/t23-/m0/s1. The van der Waals surface area contributed by atoms with Crippen LogP contribution in [0.1, 0.15) is 73.8 Å². The average Bonchev–Trinajstić information content (AvgIpc) is 2.98. The molecular formula is C33H36F2N2O2. The average molecular weight is 531 g/mol. The highest BCUT2D eigenvalue weighted by Crippen LogP contribution is 2.46. The molecule has 0 radical (unpaired) electrons. The number of nitrogens with one attached hydrogen (secondary N) is 1. The zero-order chi connectivity index (χ0) is 27.4. The SMILES string of the molecule is C[C@H](NC(=O)C1(C2CCCCC2)CCN(C(=O)c2ccc(-c3ccc(F)cc3)cc2)CC1)c1ccc(F)cc1. The molecule has 0 unspecified atom stereocenters. The molecule has 6 heteroatoms. The molecule has 1 atom stereocenters. The second kappa shape index (κ2) is 11.7. The van der Waals surface area contributed by atoms with Gasteiger partial charge in [-0.15, -0.1) is 0 Å². The molecule has 3 aromatic carbocycles. The van der Waals surface area contributed by atoms with Crippen LogP contribution in [-0.4, -0.2) is 29.8 Å². The molecule has 2 amide bonds. The van der Waals surface area contributed by atoms with E-state index in [0.717, 1.165) is 42.4 Å². The van der Waals surface area contributed by atoms with Crippen LogP contribution in [0.4, 0.5) is 8.78 Å². The number of rotatable bonds is 6. The molecule has 1 aliphatic heterocycles. The molecule has 0 spiro atoms. The Bertz CT molecular complexity index is 1270. The summed E-state index contributed by atoms with van der Waals surface area (Å²) in [7, 11) is 0. The van der Waals surface area contributed by atoms with Crippen LogP contribution < -0.4 is 5.32 Å². The molecular weight excluding hydrogens is 494 g/mol. The Morgan fingerprint density at radius 2 is 1.31 bits per heavy atom. The van der Waals surface area contributed by atoms with Gasteiger partial charge in [0.05, 0.1) is 11.5 Å².